The van der Waals surface area contributed by atoms with Crippen LogP contribution >= 0.6 is 0 Å². The van der Waals surface area contributed by atoms with Gasteiger partial charge < -0.3 is 10.5 Å². The van der Waals surface area contributed by atoms with Crippen molar-refractivity contribution in [3.8, 4) is 5.75 Å². The number of fused-ring (bicyclic) bond motifs is 1. The lowest BCUT2D eigenvalue weighted by Gasteiger charge is -2.36. The van der Waals surface area contributed by atoms with Gasteiger partial charge >= 0.3 is 0 Å². The smallest absolute Gasteiger partial charge is 0.126 e. The van der Waals surface area contributed by atoms with Gasteiger partial charge in [-0.2, -0.15) is 0 Å². The Labute approximate surface area is 122 Å². The van der Waals surface area contributed by atoms with Gasteiger partial charge in [-0.25, -0.2) is 0 Å². The van der Waals surface area contributed by atoms with Gasteiger partial charge in [0.25, 0.3) is 0 Å². The highest BCUT2D eigenvalue weighted by atomic mass is 16.5. The number of ether oxygens (including phenoxy) is 1. The fourth-order valence-corrected chi connectivity index (χ4v) is 4.19. The maximum atomic E-state index is 6.05. The summed E-state index contributed by atoms with van der Waals surface area (Å²) in [6.45, 7) is 3.96. The van der Waals surface area contributed by atoms with Gasteiger partial charge in [0.15, 0.2) is 0 Å². The number of hydrogen-bond donors (Lipinski definition) is 1. The van der Waals surface area contributed by atoms with Crippen LogP contribution in [0.25, 0.3) is 0 Å². The molecular formula is C18H27NO. The van der Waals surface area contributed by atoms with Crippen molar-refractivity contribution < 1.29 is 4.74 Å². The van der Waals surface area contributed by atoms with Crippen molar-refractivity contribution in [3.63, 3.8) is 0 Å². The molecule has 20 heavy (non-hydrogen) atoms. The zero-order valence-electron chi connectivity index (χ0n) is 12.6. The van der Waals surface area contributed by atoms with E-state index in [0.29, 0.717) is 11.8 Å². The van der Waals surface area contributed by atoms with Crippen LogP contribution in [0.3, 0.4) is 0 Å². The molecule has 3 atom stereocenters. The largest absolute Gasteiger partial charge is 0.493 e. The predicted octanol–water partition coefficient (Wildman–Crippen LogP) is 3.88. The summed E-state index contributed by atoms with van der Waals surface area (Å²) in [5, 5.41) is 0. The molecule has 1 aliphatic heterocycles. The van der Waals surface area contributed by atoms with Gasteiger partial charge in [-0.1, -0.05) is 44.4 Å². The number of para-hydroxylation sites is 1. The fourth-order valence-electron chi connectivity index (χ4n) is 4.19. The Morgan fingerprint density at radius 2 is 2.20 bits per heavy atom. The first kappa shape index (κ1) is 13.9. The highest BCUT2D eigenvalue weighted by Gasteiger charge is 2.33. The van der Waals surface area contributed by atoms with Gasteiger partial charge in [0.1, 0.15) is 5.75 Å². The van der Waals surface area contributed by atoms with Crippen LogP contribution in [-0.2, 0) is 6.42 Å². The Hall–Kier alpha value is -1.02. The van der Waals surface area contributed by atoms with Gasteiger partial charge in [0.05, 0.1) is 6.61 Å². The monoisotopic (exact) mass is 273 g/mol. The van der Waals surface area contributed by atoms with Crippen LogP contribution in [0, 0.1) is 11.8 Å². The first-order valence-electron chi connectivity index (χ1n) is 8.28. The van der Waals surface area contributed by atoms with Crippen molar-refractivity contribution in [1.82, 2.24) is 0 Å². The molecule has 1 saturated carbocycles. The van der Waals surface area contributed by atoms with Crippen molar-refractivity contribution in [1.29, 1.82) is 0 Å². The molecule has 1 aromatic carbocycles. The SMILES string of the molecule is CCCC1CCC(CN)C(c2cccc3c2OCC3)C1. The van der Waals surface area contributed by atoms with E-state index < -0.39 is 0 Å². The Morgan fingerprint density at radius 3 is 3.00 bits per heavy atom. The van der Waals surface area contributed by atoms with Crippen molar-refractivity contribution in [2.24, 2.45) is 17.6 Å². The molecule has 2 heteroatoms. The fraction of sp³-hybridized carbons (Fsp3) is 0.667. The van der Waals surface area contributed by atoms with Gasteiger partial charge in [0, 0.05) is 6.42 Å². The average Bonchev–Trinajstić information content (AvgIpc) is 2.96. The van der Waals surface area contributed by atoms with E-state index in [-0.39, 0.29) is 0 Å². The second kappa shape index (κ2) is 6.17. The minimum absolute atomic E-state index is 0.610. The first-order valence-corrected chi connectivity index (χ1v) is 8.28. The molecule has 0 spiro atoms. The molecule has 0 saturated heterocycles. The second-order valence-corrected chi connectivity index (χ2v) is 6.50. The van der Waals surface area contributed by atoms with E-state index in [1.54, 1.807) is 0 Å². The molecule has 2 aliphatic rings. The summed E-state index contributed by atoms with van der Waals surface area (Å²) in [5.74, 6) is 3.32. The summed E-state index contributed by atoms with van der Waals surface area (Å²) in [6.07, 6.45) is 7.69. The van der Waals surface area contributed by atoms with E-state index in [0.717, 1.165) is 25.5 Å². The number of rotatable bonds is 4. The minimum Gasteiger partial charge on any atom is -0.493 e. The van der Waals surface area contributed by atoms with Crippen LogP contribution in [0.15, 0.2) is 18.2 Å². The van der Waals surface area contributed by atoms with Crippen LogP contribution in [-0.4, -0.2) is 13.2 Å². The van der Waals surface area contributed by atoms with E-state index in [2.05, 4.69) is 25.1 Å². The molecule has 2 nitrogen and oxygen atoms in total. The van der Waals surface area contributed by atoms with Crippen molar-refractivity contribution in [2.45, 2.75) is 51.4 Å². The Bertz CT molecular complexity index is 457. The van der Waals surface area contributed by atoms with Crippen molar-refractivity contribution in [3.05, 3.63) is 29.3 Å². The number of nitrogens with two attached hydrogens (primary N) is 1. The summed E-state index contributed by atoms with van der Waals surface area (Å²) in [7, 11) is 0. The zero-order chi connectivity index (χ0) is 13.9. The lowest BCUT2D eigenvalue weighted by atomic mass is 9.69. The minimum atomic E-state index is 0.610. The van der Waals surface area contributed by atoms with Crippen LogP contribution < -0.4 is 10.5 Å². The molecule has 1 aromatic rings. The van der Waals surface area contributed by atoms with E-state index in [1.807, 2.05) is 0 Å². The lowest BCUT2D eigenvalue weighted by molar-refractivity contribution is 0.225. The van der Waals surface area contributed by atoms with Crippen molar-refractivity contribution >= 4 is 0 Å². The highest BCUT2D eigenvalue weighted by Crippen LogP contribution is 2.46. The van der Waals surface area contributed by atoms with Gasteiger partial charge in [0.2, 0.25) is 0 Å². The molecule has 2 N–H and O–H groups in total. The topological polar surface area (TPSA) is 35.2 Å². The third-order valence-electron chi connectivity index (χ3n) is 5.25. The maximum Gasteiger partial charge on any atom is 0.126 e. The van der Waals surface area contributed by atoms with E-state index >= 15 is 0 Å². The number of benzene rings is 1. The Morgan fingerprint density at radius 1 is 1.30 bits per heavy atom. The van der Waals surface area contributed by atoms with Crippen LogP contribution in [0.1, 0.15) is 56.1 Å². The summed E-state index contributed by atoms with van der Waals surface area (Å²) < 4.78 is 5.93. The second-order valence-electron chi connectivity index (χ2n) is 6.50. The van der Waals surface area contributed by atoms with Crippen molar-refractivity contribution in [2.75, 3.05) is 13.2 Å². The van der Waals surface area contributed by atoms with Gasteiger partial charge in [-0.15, -0.1) is 0 Å². The van der Waals surface area contributed by atoms with E-state index in [4.69, 9.17) is 10.5 Å². The Kier molecular flexibility index (Phi) is 4.30. The molecule has 0 aromatic heterocycles. The predicted molar refractivity (Wildman–Crippen MR) is 83.2 cm³/mol. The standard InChI is InChI=1S/C18H27NO/c1-2-4-13-7-8-15(12-19)17(11-13)16-6-3-5-14-9-10-20-18(14)16/h3,5-6,13,15,17H,2,4,7-12,19H2,1H3. The molecule has 110 valence electrons. The molecule has 0 radical (unpaired) electrons. The van der Waals surface area contributed by atoms with Crippen LogP contribution in [0.2, 0.25) is 0 Å². The molecular weight excluding hydrogens is 246 g/mol. The molecule has 3 unspecified atom stereocenters. The zero-order valence-corrected chi connectivity index (χ0v) is 12.6. The molecule has 1 aliphatic carbocycles. The Balaban J connectivity index is 1.87. The van der Waals surface area contributed by atoms with Gasteiger partial charge in [-0.3, -0.25) is 0 Å². The molecule has 0 amide bonds. The van der Waals surface area contributed by atoms with Crippen LogP contribution in [0.5, 0.6) is 5.75 Å². The third-order valence-corrected chi connectivity index (χ3v) is 5.25. The third kappa shape index (κ3) is 2.58. The highest BCUT2D eigenvalue weighted by molar-refractivity contribution is 5.46. The molecule has 3 rings (SSSR count). The average molecular weight is 273 g/mol. The summed E-state index contributed by atoms with van der Waals surface area (Å²) in [6, 6.07) is 6.71. The van der Waals surface area contributed by atoms with Crippen LogP contribution in [0.4, 0.5) is 0 Å². The van der Waals surface area contributed by atoms with E-state index in [1.165, 1.54) is 49.0 Å². The normalized spacial score (nSPS) is 29.0. The first-order chi connectivity index (χ1) is 9.83. The molecule has 1 heterocycles. The lowest BCUT2D eigenvalue weighted by Crippen LogP contribution is -2.29. The van der Waals surface area contributed by atoms with E-state index in [9.17, 15) is 0 Å². The molecule has 0 bridgehead atoms. The summed E-state index contributed by atoms with van der Waals surface area (Å²) >= 11 is 0. The summed E-state index contributed by atoms with van der Waals surface area (Å²) in [5.41, 5.74) is 8.89. The van der Waals surface area contributed by atoms with Gasteiger partial charge in [-0.05, 0) is 48.3 Å². The number of hydrogen-bond acceptors (Lipinski definition) is 2. The summed E-state index contributed by atoms with van der Waals surface area (Å²) in [4.78, 5) is 0. The quantitative estimate of drug-likeness (QED) is 0.903. The maximum absolute atomic E-state index is 6.05. The molecule has 1 fully saturated rings.